The maximum Gasteiger partial charge on any atom is 0.0897 e. The first-order valence-electron chi connectivity index (χ1n) is 7.43. The minimum atomic E-state index is 0.224. The Balaban J connectivity index is 2.09. The normalized spacial score (nSPS) is 12.7. The molecule has 1 unspecified atom stereocenters. The molecule has 0 aliphatic rings. The zero-order chi connectivity index (χ0) is 14.7. The van der Waals surface area contributed by atoms with E-state index in [1.165, 1.54) is 21.2 Å². The minimum Gasteiger partial charge on any atom is -0.306 e. The first-order valence-corrected chi connectivity index (χ1v) is 8.24. The Bertz CT molecular complexity index is 727. The summed E-state index contributed by atoms with van der Waals surface area (Å²) < 4.78 is 0. The van der Waals surface area contributed by atoms with Crippen molar-refractivity contribution in [2.45, 2.75) is 26.3 Å². The van der Waals surface area contributed by atoms with Gasteiger partial charge in [-0.25, -0.2) is 4.98 Å². The molecule has 108 valence electrons. The maximum atomic E-state index is 4.43. The molecule has 0 aliphatic carbocycles. The highest BCUT2D eigenvalue weighted by atomic mass is 32.1. The summed E-state index contributed by atoms with van der Waals surface area (Å²) in [5.41, 5.74) is 1.34. The Morgan fingerprint density at radius 2 is 1.95 bits per heavy atom. The van der Waals surface area contributed by atoms with E-state index >= 15 is 0 Å². The zero-order valence-electron chi connectivity index (χ0n) is 12.5. The predicted molar refractivity (Wildman–Crippen MR) is 90.9 cm³/mol. The van der Waals surface area contributed by atoms with E-state index in [-0.39, 0.29) is 6.04 Å². The highest BCUT2D eigenvalue weighted by Crippen LogP contribution is 2.31. The van der Waals surface area contributed by atoms with Crippen LogP contribution in [-0.4, -0.2) is 11.5 Å². The van der Waals surface area contributed by atoms with E-state index in [0.29, 0.717) is 0 Å². The molecular weight excluding hydrogens is 276 g/mol. The van der Waals surface area contributed by atoms with Gasteiger partial charge in [0.2, 0.25) is 0 Å². The average molecular weight is 296 g/mol. The lowest BCUT2D eigenvalue weighted by molar-refractivity contribution is 0.608. The molecule has 2 nitrogen and oxygen atoms in total. The number of nitrogens with one attached hydrogen (secondary N) is 1. The van der Waals surface area contributed by atoms with Crippen molar-refractivity contribution in [2.24, 2.45) is 0 Å². The number of hydrogen-bond acceptors (Lipinski definition) is 3. The summed E-state index contributed by atoms with van der Waals surface area (Å²) in [6, 6.07) is 15.4. The molecule has 1 heterocycles. The number of aryl methyl sites for hydroxylation is 1. The SMILES string of the molecule is CCCNC(c1cnc(C)s1)c1cccc2ccccc12. The van der Waals surface area contributed by atoms with Crippen LogP contribution in [0.1, 0.15) is 34.8 Å². The van der Waals surface area contributed by atoms with E-state index in [1.807, 2.05) is 6.20 Å². The summed E-state index contributed by atoms with van der Waals surface area (Å²) in [5.74, 6) is 0. The zero-order valence-corrected chi connectivity index (χ0v) is 13.3. The van der Waals surface area contributed by atoms with Gasteiger partial charge in [-0.2, -0.15) is 0 Å². The largest absolute Gasteiger partial charge is 0.306 e. The monoisotopic (exact) mass is 296 g/mol. The molecule has 3 rings (SSSR count). The lowest BCUT2D eigenvalue weighted by Gasteiger charge is -2.19. The lowest BCUT2D eigenvalue weighted by atomic mass is 9.98. The smallest absolute Gasteiger partial charge is 0.0897 e. The summed E-state index contributed by atoms with van der Waals surface area (Å²) in [4.78, 5) is 5.72. The molecule has 0 bridgehead atoms. The Morgan fingerprint density at radius 3 is 2.71 bits per heavy atom. The van der Waals surface area contributed by atoms with Gasteiger partial charge in [-0.1, -0.05) is 49.4 Å². The van der Waals surface area contributed by atoms with Gasteiger partial charge in [-0.15, -0.1) is 11.3 Å². The first-order chi connectivity index (χ1) is 10.3. The van der Waals surface area contributed by atoms with Gasteiger partial charge in [0.15, 0.2) is 0 Å². The van der Waals surface area contributed by atoms with Crippen molar-refractivity contribution in [3.05, 3.63) is 64.1 Å². The van der Waals surface area contributed by atoms with Crippen LogP contribution in [0.2, 0.25) is 0 Å². The molecule has 0 saturated carbocycles. The molecule has 0 fully saturated rings. The van der Waals surface area contributed by atoms with Gasteiger partial charge < -0.3 is 5.32 Å². The topological polar surface area (TPSA) is 24.9 Å². The fourth-order valence-corrected chi connectivity index (χ4v) is 3.55. The third-order valence-corrected chi connectivity index (χ3v) is 4.63. The highest BCUT2D eigenvalue weighted by Gasteiger charge is 2.17. The summed E-state index contributed by atoms with van der Waals surface area (Å²) >= 11 is 1.78. The van der Waals surface area contributed by atoms with Crippen molar-refractivity contribution in [3.63, 3.8) is 0 Å². The number of thiazole rings is 1. The van der Waals surface area contributed by atoms with Crippen molar-refractivity contribution < 1.29 is 0 Å². The van der Waals surface area contributed by atoms with Gasteiger partial charge >= 0.3 is 0 Å². The molecule has 1 N–H and O–H groups in total. The highest BCUT2D eigenvalue weighted by molar-refractivity contribution is 7.11. The second kappa shape index (κ2) is 6.37. The summed E-state index contributed by atoms with van der Waals surface area (Å²) in [6.07, 6.45) is 3.13. The molecule has 3 aromatic rings. The Morgan fingerprint density at radius 1 is 1.14 bits per heavy atom. The molecule has 3 heteroatoms. The molecule has 1 aromatic heterocycles. The van der Waals surface area contributed by atoms with E-state index < -0.39 is 0 Å². The fourth-order valence-electron chi connectivity index (χ4n) is 2.67. The van der Waals surface area contributed by atoms with Crippen LogP contribution in [0.4, 0.5) is 0 Å². The Kier molecular flexibility index (Phi) is 4.32. The second-order valence-electron chi connectivity index (χ2n) is 5.24. The maximum absolute atomic E-state index is 4.43. The van der Waals surface area contributed by atoms with Gasteiger partial charge in [0.05, 0.1) is 11.0 Å². The second-order valence-corrected chi connectivity index (χ2v) is 6.50. The Labute approximate surface area is 129 Å². The van der Waals surface area contributed by atoms with Crippen molar-refractivity contribution >= 4 is 22.1 Å². The summed E-state index contributed by atoms with van der Waals surface area (Å²) in [5, 5.41) is 7.41. The van der Waals surface area contributed by atoms with Crippen LogP contribution < -0.4 is 5.32 Å². The quantitative estimate of drug-likeness (QED) is 0.738. The van der Waals surface area contributed by atoms with Gasteiger partial charge in [0, 0.05) is 11.1 Å². The number of fused-ring (bicyclic) bond motifs is 1. The molecule has 21 heavy (non-hydrogen) atoms. The number of benzene rings is 2. The first kappa shape index (κ1) is 14.2. The van der Waals surface area contributed by atoms with Gasteiger partial charge in [-0.05, 0) is 36.2 Å². The van der Waals surface area contributed by atoms with Crippen LogP contribution in [0.15, 0.2) is 48.7 Å². The summed E-state index contributed by atoms with van der Waals surface area (Å²) in [6.45, 7) is 5.27. The van der Waals surface area contributed by atoms with Crippen molar-refractivity contribution in [3.8, 4) is 0 Å². The van der Waals surface area contributed by atoms with E-state index in [2.05, 4.69) is 66.6 Å². The van der Waals surface area contributed by atoms with Gasteiger partial charge in [0.25, 0.3) is 0 Å². The molecule has 0 saturated heterocycles. The van der Waals surface area contributed by atoms with E-state index in [0.717, 1.165) is 18.0 Å². The van der Waals surface area contributed by atoms with Crippen molar-refractivity contribution in [1.29, 1.82) is 0 Å². The van der Waals surface area contributed by atoms with E-state index in [4.69, 9.17) is 0 Å². The standard InChI is InChI=1S/C18H20N2S/c1-3-11-19-18(17-12-20-13(2)21-17)16-10-6-8-14-7-4-5-9-15(14)16/h4-10,12,18-19H,3,11H2,1-2H3. The third kappa shape index (κ3) is 2.99. The molecule has 2 aromatic carbocycles. The van der Waals surface area contributed by atoms with E-state index in [9.17, 15) is 0 Å². The molecule has 1 atom stereocenters. The van der Waals surface area contributed by atoms with Gasteiger partial charge in [0.1, 0.15) is 0 Å². The molecule has 0 radical (unpaired) electrons. The van der Waals surface area contributed by atoms with Crippen LogP contribution >= 0.6 is 11.3 Å². The van der Waals surface area contributed by atoms with Crippen LogP contribution in [0.3, 0.4) is 0 Å². The number of rotatable bonds is 5. The van der Waals surface area contributed by atoms with E-state index in [1.54, 1.807) is 11.3 Å². The summed E-state index contributed by atoms with van der Waals surface area (Å²) in [7, 11) is 0. The van der Waals surface area contributed by atoms with Gasteiger partial charge in [-0.3, -0.25) is 0 Å². The fraction of sp³-hybridized carbons (Fsp3) is 0.278. The van der Waals surface area contributed by atoms with Crippen molar-refractivity contribution in [1.82, 2.24) is 10.3 Å². The predicted octanol–water partition coefficient (Wildman–Crippen LogP) is 4.69. The molecule has 0 amide bonds. The minimum absolute atomic E-state index is 0.224. The van der Waals surface area contributed by atoms with Crippen LogP contribution in [0.5, 0.6) is 0 Å². The van der Waals surface area contributed by atoms with Crippen LogP contribution in [-0.2, 0) is 0 Å². The molecular formula is C18H20N2S. The average Bonchev–Trinajstić information content (AvgIpc) is 2.94. The van der Waals surface area contributed by atoms with Crippen LogP contribution in [0.25, 0.3) is 10.8 Å². The molecule has 0 aliphatic heterocycles. The third-order valence-electron chi connectivity index (χ3n) is 3.66. The Hall–Kier alpha value is -1.71. The number of aromatic nitrogens is 1. The van der Waals surface area contributed by atoms with Crippen LogP contribution in [0, 0.1) is 6.92 Å². The number of nitrogens with zero attached hydrogens (tertiary/aromatic N) is 1. The van der Waals surface area contributed by atoms with Crippen molar-refractivity contribution in [2.75, 3.05) is 6.54 Å². The molecule has 0 spiro atoms. The number of hydrogen-bond donors (Lipinski definition) is 1. The lowest BCUT2D eigenvalue weighted by Crippen LogP contribution is -2.22.